The van der Waals surface area contributed by atoms with E-state index in [-0.39, 0.29) is 18.2 Å². The maximum atomic E-state index is 14.1. The van der Waals surface area contributed by atoms with E-state index in [0.29, 0.717) is 39.9 Å². The van der Waals surface area contributed by atoms with E-state index >= 15 is 0 Å². The van der Waals surface area contributed by atoms with E-state index in [1.165, 1.54) is 31.4 Å². The van der Waals surface area contributed by atoms with E-state index in [1.54, 1.807) is 45.0 Å². The zero-order chi connectivity index (χ0) is 37.1. The second-order valence-electron chi connectivity index (χ2n) is 14.1. The minimum atomic E-state index is -0.673. The molecule has 0 aliphatic heterocycles. The lowest BCUT2D eigenvalue weighted by Crippen LogP contribution is -2.34. The van der Waals surface area contributed by atoms with Gasteiger partial charge in [0.15, 0.2) is 0 Å². The number of H-pyrrole nitrogens is 1. The van der Waals surface area contributed by atoms with Crippen molar-refractivity contribution in [3.8, 4) is 39.7 Å². The zero-order valence-electron chi connectivity index (χ0n) is 29.7. The summed E-state index contributed by atoms with van der Waals surface area (Å²) in [5.74, 6) is 0.477. The Kier molecular flexibility index (Phi) is 10.2. The van der Waals surface area contributed by atoms with Crippen LogP contribution in [0.5, 0.6) is 5.75 Å². The molecule has 1 aliphatic rings. The molecule has 272 valence electrons. The number of hydrogen-bond acceptors (Lipinski definition) is 8. The van der Waals surface area contributed by atoms with Gasteiger partial charge in [0.1, 0.15) is 36.1 Å². The maximum Gasteiger partial charge on any atom is 0.325 e. The molecule has 0 unspecified atom stereocenters. The molecular weight excluding hydrogens is 697 g/mol. The van der Waals surface area contributed by atoms with E-state index in [2.05, 4.69) is 36.6 Å². The molecule has 2 heterocycles. The number of carbonyl (C=O) groups is 2. The normalized spacial score (nSPS) is 13.6. The number of amides is 1. The Morgan fingerprint density at radius 2 is 1.70 bits per heavy atom. The van der Waals surface area contributed by atoms with Crippen molar-refractivity contribution in [2.75, 3.05) is 6.54 Å². The highest BCUT2D eigenvalue weighted by Gasteiger charge is 2.23. The lowest BCUT2D eigenvalue weighted by atomic mass is 9.95. The van der Waals surface area contributed by atoms with Crippen molar-refractivity contribution in [1.29, 1.82) is 0 Å². The smallest absolute Gasteiger partial charge is 0.325 e. The maximum absolute atomic E-state index is 14.1. The third kappa shape index (κ3) is 8.23. The second-order valence-corrected chi connectivity index (χ2v) is 14.5. The fourth-order valence-corrected chi connectivity index (χ4v) is 6.91. The lowest BCUT2D eigenvalue weighted by molar-refractivity contribution is -0.153. The third-order valence-electron chi connectivity index (χ3n) is 9.15. The first-order valence-corrected chi connectivity index (χ1v) is 18.0. The van der Waals surface area contributed by atoms with Crippen molar-refractivity contribution in [2.24, 2.45) is 0 Å². The van der Waals surface area contributed by atoms with Crippen molar-refractivity contribution in [1.82, 2.24) is 35.5 Å². The van der Waals surface area contributed by atoms with Gasteiger partial charge in [0.25, 0.3) is 5.91 Å². The summed E-state index contributed by atoms with van der Waals surface area (Å²) in [4.78, 5) is 30.4. The predicted molar refractivity (Wildman–Crippen MR) is 200 cm³/mol. The van der Waals surface area contributed by atoms with Crippen LogP contribution in [0.15, 0.2) is 78.9 Å². The molecule has 2 aromatic heterocycles. The number of carbonyl (C=O) groups excluding carboxylic acids is 2. The third-order valence-corrected chi connectivity index (χ3v) is 9.44. The molecule has 11 nitrogen and oxygen atoms in total. The topological polar surface area (TPSA) is 137 Å². The number of benzene rings is 4. The molecule has 0 bridgehead atoms. The molecule has 1 aliphatic carbocycles. The van der Waals surface area contributed by atoms with Crippen LogP contribution >= 0.6 is 11.6 Å². The average Bonchev–Trinajstić information content (AvgIpc) is 3.83. The number of esters is 1. The van der Waals surface area contributed by atoms with Gasteiger partial charge in [0.05, 0.1) is 16.1 Å². The van der Waals surface area contributed by atoms with Crippen LogP contribution in [0.4, 0.5) is 4.39 Å². The summed E-state index contributed by atoms with van der Waals surface area (Å²) in [6.07, 6.45) is 5.77. The number of aromatic amines is 1. The van der Waals surface area contributed by atoms with Gasteiger partial charge in [-0.1, -0.05) is 43.0 Å². The number of nitrogens with one attached hydrogen (secondary N) is 2. The van der Waals surface area contributed by atoms with Crippen LogP contribution in [0.2, 0.25) is 5.02 Å². The standard InChI is InChI=1S/C40H39ClFN7O4/c1-40(2,3)53-36(50)22-43-39(51)27-11-16-31(25-12-17-33(42)32(41)20-25)28(19-27)23-52-30-14-9-24(10-15-30)38-44-34-21-26(37-45-47-48-46-37)13-18-35(34)49(38)29-7-5-4-6-8-29/h9-21,29H,4-8,22-23H2,1-3H3,(H,43,51)(H,45,46,47,48). The highest BCUT2D eigenvalue weighted by molar-refractivity contribution is 6.31. The molecule has 2 N–H and O–H groups in total. The summed E-state index contributed by atoms with van der Waals surface area (Å²) >= 11 is 6.14. The molecule has 1 fully saturated rings. The van der Waals surface area contributed by atoms with Crippen LogP contribution in [-0.4, -0.2) is 54.2 Å². The number of fused-ring (bicyclic) bond motifs is 1. The minimum absolute atomic E-state index is 0.0191. The van der Waals surface area contributed by atoms with Crippen LogP contribution < -0.4 is 10.1 Å². The summed E-state index contributed by atoms with van der Waals surface area (Å²) in [5, 5.41) is 17.1. The van der Waals surface area contributed by atoms with Crippen molar-refractivity contribution in [3.63, 3.8) is 0 Å². The molecule has 53 heavy (non-hydrogen) atoms. The number of rotatable bonds is 10. The zero-order valence-corrected chi connectivity index (χ0v) is 30.4. The first kappa shape index (κ1) is 35.8. The molecule has 6 aromatic rings. The van der Waals surface area contributed by atoms with Gasteiger partial charge in [0, 0.05) is 22.7 Å². The van der Waals surface area contributed by atoms with Crippen LogP contribution in [0.3, 0.4) is 0 Å². The van der Waals surface area contributed by atoms with Gasteiger partial charge in [-0.15, -0.1) is 10.2 Å². The van der Waals surface area contributed by atoms with Crippen molar-refractivity contribution >= 4 is 34.5 Å². The first-order valence-electron chi connectivity index (χ1n) is 17.6. The molecule has 1 saturated carbocycles. The predicted octanol–water partition coefficient (Wildman–Crippen LogP) is 8.50. The van der Waals surface area contributed by atoms with Gasteiger partial charge in [-0.25, -0.2) is 9.37 Å². The highest BCUT2D eigenvalue weighted by atomic mass is 35.5. The molecular formula is C40H39ClFN7O4. The first-order chi connectivity index (χ1) is 25.5. The van der Waals surface area contributed by atoms with Gasteiger partial charge >= 0.3 is 5.97 Å². The fraction of sp³-hybridized carbons (Fsp3) is 0.300. The van der Waals surface area contributed by atoms with Crippen LogP contribution in [-0.2, 0) is 16.1 Å². The molecule has 1 amide bonds. The monoisotopic (exact) mass is 735 g/mol. The molecule has 0 radical (unpaired) electrons. The van der Waals surface area contributed by atoms with Crippen LogP contribution in [0.25, 0.3) is 44.9 Å². The quantitative estimate of drug-likeness (QED) is 0.134. The lowest BCUT2D eigenvalue weighted by Gasteiger charge is -2.25. The Morgan fingerprint density at radius 1 is 0.943 bits per heavy atom. The summed E-state index contributed by atoms with van der Waals surface area (Å²) in [6, 6.07) is 23.8. The van der Waals surface area contributed by atoms with Crippen LogP contribution in [0, 0.1) is 5.82 Å². The van der Waals surface area contributed by atoms with Gasteiger partial charge in [-0.05, 0) is 122 Å². The number of halogens is 2. The SMILES string of the molecule is CC(C)(C)OC(=O)CNC(=O)c1ccc(-c2ccc(F)c(Cl)c2)c(COc2ccc(-c3nc4cc(-c5nn[nH]n5)ccc4n3C3CCCCC3)cc2)c1. The second kappa shape index (κ2) is 15.2. The largest absolute Gasteiger partial charge is 0.489 e. The number of tetrazole rings is 1. The molecule has 13 heteroatoms. The van der Waals surface area contributed by atoms with Crippen molar-refractivity contribution < 1.29 is 23.5 Å². The Bertz CT molecular complexity index is 2260. The summed E-state index contributed by atoms with van der Waals surface area (Å²) in [7, 11) is 0. The Balaban J connectivity index is 1.15. The fourth-order valence-electron chi connectivity index (χ4n) is 6.73. The highest BCUT2D eigenvalue weighted by Crippen LogP contribution is 2.37. The molecule has 7 rings (SSSR count). The minimum Gasteiger partial charge on any atom is -0.489 e. The molecule has 4 aromatic carbocycles. The van der Waals surface area contributed by atoms with E-state index in [0.717, 1.165) is 40.8 Å². The summed E-state index contributed by atoms with van der Waals surface area (Å²) in [6.45, 7) is 5.09. The van der Waals surface area contributed by atoms with E-state index in [9.17, 15) is 14.0 Å². The summed E-state index contributed by atoms with van der Waals surface area (Å²) < 4.78 is 28.0. The number of nitrogens with zero attached hydrogens (tertiary/aromatic N) is 5. The Morgan fingerprint density at radius 3 is 2.42 bits per heavy atom. The Labute approximate surface area is 310 Å². The van der Waals surface area contributed by atoms with E-state index in [4.69, 9.17) is 26.1 Å². The van der Waals surface area contributed by atoms with Gasteiger partial charge in [-0.3, -0.25) is 9.59 Å². The number of ether oxygens (including phenoxy) is 2. The molecule has 0 saturated heterocycles. The Hall–Kier alpha value is -5.62. The van der Waals surface area contributed by atoms with Gasteiger partial charge < -0.3 is 19.4 Å². The van der Waals surface area contributed by atoms with E-state index in [1.807, 2.05) is 36.4 Å². The van der Waals surface area contributed by atoms with Gasteiger partial charge in [0.2, 0.25) is 5.82 Å². The molecule has 0 spiro atoms. The van der Waals surface area contributed by atoms with Gasteiger partial charge in [-0.2, -0.15) is 5.21 Å². The van der Waals surface area contributed by atoms with E-state index < -0.39 is 23.3 Å². The summed E-state index contributed by atoms with van der Waals surface area (Å²) in [5.41, 5.74) is 5.39. The molecule has 0 atom stereocenters. The number of hydrogen-bond donors (Lipinski definition) is 2. The number of imidazole rings is 1. The van der Waals surface area contributed by atoms with Crippen LogP contribution in [0.1, 0.15) is 74.8 Å². The van der Waals surface area contributed by atoms with Crippen molar-refractivity contribution in [3.05, 3.63) is 101 Å². The average molecular weight is 736 g/mol. The number of aromatic nitrogens is 6. The van der Waals surface area contributed by atoms with Crippen molar-refractivity contribution in [2.45, 2.75) is 71.1 Å².